The highest BCUT2D eigenvalue weighted by atomic mass is 16.5. The molecule has 3 heterocycles. The lowest BCUT2D eigenvalue weighted by molar-refractivity contribution is 0.0278. The average molecular weight is 324 g/mol. The first-order valence-electron chi connectivity index (χ1n) is 8.06. The summed E-state index contributed by atoms with van der Waals surface area (Å²) in [4.78, 5) is 14.7. The zero-order valence-electron chi connectivity index (χ0n) is 13.7. The van der Waals surface area contributed by atoms with Crippen LogP contribution >= 0.6 is 0 Å². The van der Waals surface area contributed by atoms with Gasteiger partial charge in [0.25, 0.3) is 0 Å². The Hall–Kier alpha value is -2.38. The molecule has 124 valence electrons. The van der Waals surface area contributed by atoms with Gasteiger partial charge < -0.3 is 4.74 Å². The molecule has 1 saturated heterocycles. The molecule has 1 unspecified atom stereocenters. The van der Waals surface area contributed by atoms with Gasteiger partial charge in [-0.1, -0.05) is 6.08 Å². The minimum atomic E-state index is -0.476. The topological polar surface area (TPSA) is 69.0 Å². The number of methoxy groups -OCH3 is 1. The van der Waals surface area contributed by atoms with Crippen molar-refractivity contribution in [2.24, 2.45) is 0 Å². The van der Waals surface area contributed by atoms with Crippen molar-refractivity contribution in [2.75, 3.05) is 20.2 Å². The molecular formula is C17H20N6O. The van der Waals surface area contributed by atoms with Crippen molar-refractivity contribution in [3.8, 4) is 0 Å². The van der Waals surface area contributed by atoms with Crippen molar-refractivity contribution in [1.29, 1.82) is 0 Å². The zero-order valence-corrected chi connectivity index (χ0v) is 13.7. The Bertz CT molecular complexity index is 755. The standard InChI is InChI=1S/C17H20N6O/c1-24-17(16-7-18-10-19-8-16)4-2-14-3-5-22(9-15(14)6-17)13-23-12-20-11-21-23/h2,6-8,10-12H,3-5,9,13H2,1H3. The van der Waals surface area contributed by atoms with Crippen LogP contribution in [0.2, 0.25) is 0 Å². The Morgan fingerprint density at radius 2 is 2.04 bits per heavy atom. The van der Waals surface area contributed by atoms with E-state index in [2.05, 4.69) is 37.1 Å². The largest absolute Gasteiger partial charge is 0.369 e. The van der Waals surface area contributed by atoms with Crippen LogP contribution < -0.4 is 0 Å². The third kappa shape index (κ3) is 2.76. The Morgan fingerprint density at radius 3 is 2.79 bits per heavy atom. The third-order valence-corrected chi connectivity index (χ3v) is 4.79. The Labute approximate surface area is 140 Å². The van der Waals surface area contributed by atoms with Gasteiger partial charge in [-0.3, -0.25) is 4.90 Å². The lowest BCUT2D eigenvalue weighted by Gasteiger charge is -2.38. The van der Waals surface area contributed by atoms with Crippen molar-refractivity contribution in [1.82, 2.24) is 29.6 Å². The van der Waals surface area contributed by atoms with Crippen LogP contribution in [0.1, 0.15) is 18.4 Å². The van der Waals surface area contributed by atoms with E-state index in [-0.39, 0.29) is 0 Å². The quantitative estimate of drug-likeness (QED) is 0.849. The third-order valence-electron chi connectivity index (χ3n) is 4.79. The molecule has 24 heavy (non-hydrogen) atoms. The number of hydrogen-bond acceptors (Lipinski definition) is 6. The predicted octanol–water partition coefficient (Wildman–Crippen LogP) is 1.53. The zero-order chi connectivity index (χ0) is 16.4. The summed E-state index contributed by atoms with van der Waals surface area (Å²) in [6, 6.07) is 0. The Kier molecular flexibility index (Phi) is 3.95. The van der Waals surface area contributed by atoms with Crippen LogP contribution in [0.25, 0.3) is 0 Å². The van der Waals surface area contributed by atoms with Crippen LogP contribution in [0.15, 0.2) is 54.7 Å². The van der Waals surface area contributed by atoms with Crippen LogP contribution in [0, 0.1) is 0 Å². The number of piperidine rings is 1. The molecule has 0 spiro atoms. The fraction of sp³-hybridized carbons (Fsp3) is 0.412. The van der Waals surface area contributed by atoms with Gasteiger partial charge in [0.15, 0.2) is 0 Å². The van der Waals surface area contributed by atoms with Gasteiger partial charge in [-0.2, -0.15) is 5.10 Å². The minimum Gasteiger partial charge on any atom is -0.369 e. The summed E-state index contributed by atoms with van der Waals surface area (Å²) in [6.45, 7) is 2.65. The molecule has 2 aromatic rings. The van der Waals surface area contributed by atoms with E-state index in [1.165, 1.54) is 11.1 Å². The molecule has 1 aliphatic carbocycles. The van der Waals surface area contributed by atoms with E-state index >= 15 is 0 Å². The monoisotopic (exact) mass is 324 g/mol. The van der Waals surface area contributed by atoms with Crippen molar-refractivity contribution in [3.63, 3.8) is 0 Å². The summed E-state index contributed by atoms with van der Waals surface area (Å²) < 4.78 is 7.76. The second-order valence-electron chi connectivity index (χ2n) is 6.20. The maximum atomic E-state index is 5.91. The molecule has 0 bridgehead atoms. The second-order valence-corrected chi connectivity index (χ2v) is 6.20. The van der Waals surface area contributed by atoms with E-state index in [0.29, 0.717) is 0 Å². The minimum absolute atomic E-state index is 0.476. The molecule has 2 aromatic heterocycles. The van der Waals surface area contributed by atoms with Crippen molar-refractivity contribution in [3.05, 3.63) is 60.2 Å². The van der Waals surface area contributed by atoms with E-state index in [1.54, 1.807) is 26.1 Å². The molecular weight excluding hydrogens is 304 g/mol. The number of aromatic nitrogens is 5. The van der Waals surface area contributed by atoms with E-state index in [9.17, 15) is 0 Å². The summed E-state index contributed by atoms with van der Waals surface area (Å²) in [5.41, 5.74) is 3.26. The van der Waals surface area contributed by atoms with Gasteiger partial charge in [0.05, 0.1) is 6.67 Å². The van der Waals surface area contributed by atoms with E-state index < -0.39 is 5.60 Å². The summed E-state index contributed by atoms with van der Waals surface area (Å²) >= 11 is 0. The summed E-state index contributed by atoms with van der Waals surface area (Å²) in [5.74, 6) is 0. The highest BCUT2D eigenvalue weighted by molar-refractivity contribution is 5.43. The molecule has 1 aliphatic heterocycles. The smallest absolute Gasteiger partial charge is 0.137 e. The van der Waals surface area contributed by atoms with Gasteiger partial charge in [-0.15, -0.1) is 0 Å². The van der Waals surface area contributed by atoms with Crippen LogP contribution in [0.4, 0.5) is 0 Å². The summed E-state index contributed by atoms with van der Waals surface area (Å²) in [7, 11) is 1.75. The first kappa shape index (κ1) is 15.2. The number of nitrogens with zero attached hydrogens (tertiary/aromatic N) is 6. The van der Waals surface area contributed by atoms with Crippen LogP contribution in [0.5, 0.6) is 0 Å². The van der Waals surface area contributed by atoms with Gasteiger partial charge >= 0.3 is 0 Å². The number of hydrogen-bond donors (Lipinski definition) is 0. The molecule has 0 radical (unpaired) electrons. The van der Waals surface area contributed by atoms with Crippen LogP contribution in [-0.4, -0.2) is 49.8 Å². The van der Waals surface area contributed by atoms with Crippen molar-refractivity contribution < 1.29 is 4.74 Å². The van der Waals surface area contributed by atoms with Gasteiger partial charge in [0, 0.05) is 44.6 Å². The first-order valence-corrected chi connectivity index (χ1v) is 8.06. The molecule has 0 saturated carbocycles. The molecule has 2 aliphatic rings. The molecule has 1 fully saturated rings. The molecule has 7 heteroatoms. The van der Waals surface area contributed by atoms with Gasteiger partial charge in [0.2, 0.25) is 0 Å². The van der Waals surface area contributed by atoms with E-state index in [4.69, 9.17) is 4.74 Å². The molecule has 0 aromatic carbocycles. The number of likely N-dealkylation sites (tertiary alicyclic amines) is 1. The van der Waals surface area contributed by atoms with Gasteiger partial charge in [-0.05, 0) is 23.6 Å². The molecule has 0 amide bonds. The molecule has 7 nitrogen and oxygen atoms in total. The lowest BCUT2D eigenvalue weighted by Crippen LogP contribution is -2.37. The van der Waals surface area contributed by atoms with Gasteiger partial charge in [0.1, 0.15) is 24.6 Å². The predicted molar refractivity (Wildman–Crippen MR) is 87.7 cm³/mol. The van der Waals surface area contributed by atoms with E-state index in [1.807, 2.05) is 17.1 Å². The van der Waals surface area contributed by atoms with Gasteiger partial charge in [-0.25, -0.2) is 19.6 Å². The van der Waals surface area contributed by atoms with E-state index in [0.717, 1.165) is 38.2 Å². The fourth-order valence-corrected chi connectivity index (χ4v) is 3.46. The number of rotatable bonds is 4. The highest BCUT2D eigenvalue weighted by Gasteiger charge is 2.35. The summed E-state index contributed by atoms with van der Waals surface area (Å²) in [5, 5.41) is 4.20. The SMILES string of the molecule is COC1(c2cncnc2)C=C2CN(Cn3cncn3)CCC2=CC1. The van der Waals surface area contributed by atoms with Crippen LogP contribution in [-0.2, 0) is 17.0 Å². The normalized spacial score (nSPS) is 24.2. The highest BCUT2D eigenvalue weighted by Crippen LogP contribution is 2.39. The fourth-order valence-electron chi connectivity index (χ4n) is 3.46. The number of ether oxygens (including phenoxy) is 1. The molecule has 0 N–H and O–H groups in total. The Morgan fingerprint density at radius 1 is 1.17 bits per heavy atom. The number of fused-ring (bicyclic) bond motifs is 1. The Balaban J connectivity index is 1.59. The summed E-state index contributed by atoms with van der Waals surface area (Å²) in [6.07, 6.45) is 15.0. The second kappa shape index (κ2) is 6.26. The first-order chi connectivity index (χ1) is 11.8. The van der Waals surface area contributed by atoms with Crippen molar-refractivity contribution >= 4 is 0 Å². The maximum Gasteiger partial charge on any atom is 0.137 e. The maximum absolute atomic E-state index is 5.91. The van der Waals surface area contributed by atoms with Crippen molar-refractivity contribution in [2.45, 2.75) is 25.1 Å². The van der Waals surface area contributed by atoms with Crippen LogP contribution in [0.3, 0.4) is 0 Å². The molecule has 4 rings (SSSR count). The lowest BCUT2D eigenvalue weighted by atomic mass is 9.80. The average Bonchev–Trinajstić information content (AvgIpc) is 3.15. The molecule has 1 atom stereocenters.